The lowest BCUT2D eigenvalue weighted by Gasteiger charge is -2.71. The first-order valence-corrected chi connectivity index (χ1v) is 13.9. The van der Waals surface area contributed by atoms with E-state index in [1.807, 2.05) is 0 Å². The number of aliphatic hydroxyl groups excluding tert-OH is 1. The molecule has 0 aromatic carbocycles. The second-order valence-electron chi connectivity index (χ2n) is 14.5. The van der Waals surface area contributed by atoms with Gasteiger partial charge in [0.2, 0.25) is 0 Å². The van der Waals surface area contributed by atoms with Crippen molar-refractivity contribution >= 4 is 5.97 Å². The SMILES string of the molecule is C[C@@H]1CCC2(C(=O)O)CC[C@]3(C)C(=CCC4C5(C)CCC(O)C(C)(C)C5CC[C@]43C)C2[C@H]1C. The van der Waals surface area contributed by atoms with Crippen LogP contribution in [0.4, 0.5) is 0 Å². The highest BCUT2D eigenvalue weighted by molar-refractivity contribution is 5.76. The van der Waals surface area contributed by atoms with Crippen LogP contribution in [0.1, 0.15) is 106 Å². The van der Waals surface area contributed by atoms with Crippen molar-refractivity contribution in [2.24, 2.45) is 56.7 Å². The van der Waals surface area contributed by atoms with Crippen molar-refractivity contribution in [3.63, 3.8) is 0 Å². The summed E-state index contributed by atoms with van der Waals surface area (Å²) >= 11 is 0. The third-order valence-corrected chi connectivity index (χ3v) is 13.4. The van der Waals surface area contributed by atoms with E-state index in [0.29, 0.717) is 23.7 Å². The molecular weight excluding hydrogens is 408 g/mol. The number of aliphatic hydroxyl groups is 1. The number of carboxylic acids is 1. The zero-order chi connectivity index (χ0) is 24.2. The van der Waals surface area contributed by atoms with Crippen molar-refractivity contribution in [2.75, 3.05) is 0 Å². The largest absolute Gasteiger partial charge is 0.481 e. The van der Waals surface area contributed by atoms with Gasteiger partial charge in [0.25, 0.3) is 0 Å². The molecule has 4 fully saturated rings. The number of hydrogen-bond acceptors (Lipinski definition) is 2. The summed E-state index contributed by atoms with van der Waals surface area (Å²) in [6.45, 7) is 17.0. The van der Waals surface area contributed by atoms with Crippen LogP contribution in [0.25, 0.3) is 0 Å². The van der Waals surface area contributed by atoms with Crippen molar-refractivity contribution < 1.29 is 15.0 Å². The predicted octanol–water partition coefficient (Wildman–Crippen LogP) is 7.09. The van der Waals surface area contributed by atoms with Gasteiger partial charge < -0.3 is 10.2 Å². The molecule has 0 radical (unpaired) electrons. The van der Waals surface area contributed by atoms with Crippen LogP contribution in [0.5, 0.6) is 0 Å². The first-order chi connectivity index (χ1) is 15.3. The van der Waals surface area contributed by atoms with Crippen LogP contribution in [0, 0.1) is 56.7 Å². The van der Waals surface area contributed by atoms with Crippen LogP contribution < -0.4 is 0 Å². The molecule has 10 atom stereocenters. The molecule has 33 heavy (non-hydrogen) atoms. The maximum atomic E-state index is 12.8. The molecule has 0 spiro atoms. The summed E-state index contributed by atoms with van der Waals surface area (Å²) in [5.41, 5.74) is 1.46. The zero-order valence-corrected chi connectivity index (χ0v) is 22.2. The monoisotopic (exact) mass is 456 g/mol. The highest BCUT2D eigenvalue weighted by Crippen LogP contribution is 2.75. The van der Waals surface area contributed by atoms with Gasteiger partial charge in [0.05, 0.1) is 11.5 Å². The van der Waals surface area contributed by atoms with Gasteiger partial charge >= 0.3 is 5.97 Å². The molecule has 3 heteroatoms. The fourth-order valence-electron chi connectivity index (χ4n) is 10.8. The number of aliphatic carboxylic acids is 1. The van der Waals surface area contributed by atoms with Gasteiger partial charge in [-0.15, -0.1) is 0 Å². The summed E-state index contributed by atoms with van der Waals surface area (Å²) in [5.74, 6) is 1.82. The molecule has 5 aliphatic carbocycles. The second-order valence-corrected chi connectivity index (χ2v) is 14.5. The molecule has 5 aliphatic rings. The average molecular weight is 457 g/mol. The van der Waals surface area contributed by atoms with Gasteiger partial charge in [0.1, 0.15) is 0 Å². The first-order valence-electron chi connectivity index (χ1n) is 13.9. The number of carboxylic acid groups (broad SMARTS) is 1. The number of rotatable bonds is 1. The van der Waals surface area contributed by atoms with Gasteiger partial charge in [-0.25, -0.2) is 0 Å². The van der Waals surface area contributed by atoms with Crippen LogP contribution in [0.2, 0.25) is 0 Å². The Hall–Kier alpha value is -0.830. The molecule has 0 heterocycles. The summed E-state index contributed by atoms with van der Waals surface area (Å²) in [6.07, 6.45) is 11.6. The lowest BCUT2D eigenvalue weighted by atomic mass is 9.33. The minimum atomic E-state index is -0.557. The van der Waals surface area contributed by atoms with E-state index in [9.17, 15) is 15.0 Å². The van der Waals surface area contributed by atoms with Crippen LogP contribution in [-0.2, 0) is 4.79 Å². The van der Waals surface area contributed by atoms with Gasteiger partial charge in [0.15, 0.2) is 0 Å². The van der Waals surface area contributed by atoms with Gasteiger partial charge in [0, 0.05) is 0 Å². The fraction of sp³-hybridized carbons (Fsp3) is 0.900. The van der Waals surface area contributed by atoms with Gasteiger partial charge in [-0.05, 0) is 109 Å². The molecule has 0 aromatic rings. The Bertz CT molecular complexity index is 874. The number of hydrogen-bond donors (Lipinski definition) is 2. The Morgan fingerprint density at radius 2 is 1.61 bits per heavy atom. The number of allylic oxidation sites excluding steroid dienone is 2. The van der Waals surface area contributed by atoms with E-state index in [0.717, 1.165) is 44.9 Å². The standard InChI is InChI=1S/C30H48O3/c1-18-10-15-30(25(32)33)17-16-28(6)20(24(30)19(18)2)8-9-22-27(5)13-12-23(31)26(3,4)21(27)11-14-29(22,28)7/h8,18-19,21-24,31H,9-17H2,1-7H3,(H,32,33)/t18-,19+,21?,22?,23?,24?,27?,28-,29-,30?/m1/s1. The molecule has 2 N–H and O–H groups in total. The van der Waals surface area contributed by atoms with Crippen molar-refractivity contribution in [2.45, 2.75) is 112 Å². The van der Waals surface area contributed by atoms with Crippen molar-refractivity contribution in [1.82, 2.24) is 0 Å². The van der Waals surface area contributed by atoms with Crippen molar-refractivity contribution in [3.05, 3.63) is 11.6 Å². The molecular formula is C30H48O3. The van der Waals surface area contributed by atoms with E-state index in [2.05, 4.69) is 54.5 Å². The Kier molecular flexibility index (Phi) is 5.15. The maximum Gasteiger partial charge on any atom is 0.310 e. The highest BCUT2D eigenvalue weighted by Gasteiger charge is 2.69. The quantitative estimate of drug-likeness (QED) is 0.414. The molecule has 5 rings (SSSR count). The summed E-state index contributed by atoms with van der Waals surface area (Å²) in [4.78, 5) is 12.8. The van der Waals surface area contributed by atoms with E-state index in [1.165, 1.54) is 18.4 Å². The van der Waals surface area contributed by atoms with Crippen molar-refractivity contribution in [3.8, 4) is 0 Å². The number of fused-ring (bicyclic) bond motifs is 7. The predicted molar refractivity (Wildman–Crippen MR) is 133 cm³/mol. The molecule has 4 saturated carbocycles. The molecule has 0 aromatic heterocycles. The Balaban J connectivity index is 1.61. The minimum Gasteiger partial charge on any atom is -0.481 e. The van der Waals surface area contributed by atoms with E-state index in [-0.39, 0.29) is 33.7 Å². The lowest BCUT2D eigenvalue weighted by molar-refractivity contribution is -0.206. The third-order valence-electron chi connectivity index (χ3n) is 13.4. The van der Waals surface area contributed by atoms with Crippen LogP contribution in [0.3, 0.4) is 0 Å². The molecule has 3 nitrogen and oxygen atoms in total. The van der Waals surface area contributed by atoms with Crippen LogP contribution in [-0.4, -0.2) is 22.3 Å². The van der Waals surface area contributed by atoms with Crippen LogP contribution in [0.15, 0.2) is 11.6 Å². The molecule has 0 amide bonds. The number of carbonyl (C=O) groups is 1. The van der Waals surface area contributed by atoms with Crippen molar-refractivity contribution in [1.29, 1.82) is 0 Å². The Morgan fingerprint density at radius 3 is 2.27 bits per heavy atom. The lowest BCUT2D eigenvalue weighted by Crippen LogP contribution is -2.65. The molecule has 0 saturated heterocycles. The molecule has 186 valence electrons. The zero-order valence-electron chi connectivity index (χ0n) is 22.2. The first kappa shape index (κ1) is 23.9. The summed E-state index contributed by atoms with van der Waals surface area (Å²) in [5, 5.41) is 21.4. The second kappa shape index (κ2) is 7.11. The Labute approximate surface area is 201 Å². The molecule has 0 aliphatic heterocycles. The normalized spacial score (nSPS) is 55.3. The van der Waals surface area contributed by atoms with E-state index in [1.54, 1.807) is 0 Å². The topological polar surface area (TPSA) is 57.5 Å². The molecule has 6 unspecified atom stereocenters. The average Bonchev–Trinajstić information content (AvgIpc) is 2.74. The van der Waals surface area contributed by atoms with E-state index >= 15 is 0 Å². The third kappa shape index (κ3) is 2.75. The summed E-state index contributed by atoms with van der Waals surface area (Å²) < 4.78 is 0. The van der Waals surface area contributed by atoms with E-state index < -0.39 is 11.4 Å². The van der Waals surface area contributed by atoms with Gasteiger partial charge in [-0.2, -0.15) is 0 Å². The smallest absolute Gasteiger partial charge is 0.310 e. The fourth-order valence-corrected chi connectivity index (χ4v) is 10.8. The Morgan fingerprint density at radius 1 is 0.909 bits per heavy atom. The summed E-state index contributed by atoms with van der Waals surface area (Å²) in [6, 6.07) is 0. The van der Waals surface area contributed by atoms with Crippen LogP contribution >= 0.6 is 0 Å². The van der Waals surface area contributed by atoms with Gasteiger partial charge in [-0.1, -0.05) is 60.1 Å². The van der Waals surface area contributed by atoms with Gasteiger partial charge in [-0.3, -0.25) is 4.79 Å². The minimum absolute atomic E-state index is 0.0302. The highest BCUT2D eigenvalue weighted by atomic mass is 16.4. The molecule has 0 bridgehead atoms. The maximum absolute atomic E-state index is 12.8. The summed E-state index contributed by atoms with van der Waals surface area (Å²) in [7, 11) is 0. The van der Waals surface area contributed by atoms with E-state index in [4.69, 9.17) is 0 Å².